The molecule has 2 saturated carbocycles. The van der Waals surface area contributed by atoms with Crippen LogP contribution in [0.2, 0.25) is 0 Å². The lowest BCUT2D eigenvalue weighted by atomic mass is 9.78. The van der Waals surface area contributed by atoms with Crippen molar-refractivity contribution in [3.63, 3.8) is 0 Å². The van der Waals surface area contributed by atoms with Gasteiger partial charge in [-0.05, 0) is 55.4 Å². The maximum Gasteiger partial charge on any atom is 0.231 e. The average molecular weight is 371 g/mol. The normalized spacial score (nSPS) is 30.0. The second-order valence-electron chi connectivity index (χ2n) is 7.79. The summed E-state index contributed by atoms with van der Waals surface area (Å²) in [5.74, 6) is 1.63. The highest BCUT2D eigenvalue weighted by Crippen LogP contribution is 2.57. The summed E-state index contributed by atoms with van der Waals surface area (Å²) in [6.45, 7) is 2.52. The first kappa shape index (κ1) is 16.9. The second-order valence-corrected chi connectivity index (χ2v) is 7.79. The first-order valence-electron chi connectivity index (χ1n) is 9.67. The van der Waals surface area contributed by atoms with Gasteiger partial charge < -0.3 is 14.2 Å². The molecular weight excluding hydrogens is 349 g/mol. The van der Waals surface area contributed by atoms with Crippen molar-refractivity contribution < 1.29 is 18.4 Å². The van der Waals surface area contributed by atoms with Crippen LogP contribution in [-0.2, 0) is 9.53 Å². The van der Waals surface area contributed by atoms with E-state index in [0.29, 0.717) is 55.4 Å². The molecule has 1 aromatic heterocycles. The smallest absolute Gasteiger partial charge is 0.231 e. The van der Waals surface area contributed by atoms with Crippen molar-refractivity contribution in [2.24, 2.45) is 17.8 Å². The van der Waals surface area contributed by atoms with Gasteiger partial charge in [-0.3, -0.25) is 4.79 Å². The number of rotatable bonds is 3. The van der Waals surface area contributed by atoms with Gasteiger partial charge in [0.2, 0.25) is 17.6 Å². The summed E-state index contributed by atoms with van der Waals surface area (Å²) in [5, 5.41) is 4.10. The molecule has 3 fully saturated rings. The number of fused-ring (bicyclic) bond motifs is 2. The van der Waals surface area contributed by atoms with Crippen LogP contribution in [0.15, 0.2) is 28.8 Å². The summed E-state index contributed by atoms with van der Waals surface area (Å²) < 4.78 is 24.1. The van der Waals surface area contributed by atoms with Gasteiger partial charge in [-0.1, -0.05) is 5.16 Å². The lowest BCUT2D eigenvalue weighted by Crippen LogP contribution is -2.46. The summed E-state index contributed by atoms with van der Waals surface area (Å²) in [4.78, 5) is 19.7. The van der Waals surface area contributed by atoms with Crippen LogP contribution in [0.3, 0.4) is 0 Å². The Hall–Kier alpha value is -2.28. The Morgan fingerprint density at radius 1 is 1.11 bits per heavy atom. The van der Waals surface area contributed by atoms with Crippen LogP contribution < -0.4 is 0 Å². The molecule has 7 heteroatoms. The molecule has 27 heavy (non-hydrogen) atoms. The number of ether oxygens (including phenoxy) is 1. The molecule has 0 spiro atoms. The Kier molecular flexibility index (Phi) is 4.19. The maximum absolute atomic E-state index is 13.2. The van der Waals surface area contributed by atoms with Gasteiger partial charge in [0.1, 0.15) is 5.82 Å². The number of hydrogen-bond acceptors (Lipinski definition) is 5. The van der Waals surface area contributed by atoms with E-state index >= 15 is 0 Å². The maximum atomic E-state index is 13.2. The highest BCUT2D eigenvalue weighted by Gasteiger charge is 2.54. The van der Waals surface area contributed by atoms with Gasteiger partial charge in [-0.25, -0.2) is 4.39 Å². The van der Waals surface area contributed by atoms with E-state index < -0.39 is 0 Å². The van der Waals surface area contributed by atoms with E-state index in [1.165, 1.54) is 12.1 Å². The number of hydrogen-bond donors (Lipinski definition) is 0. The summed E-state index contributed by atoms with van der Waals surface area (Å²) >= 11 is 0. The number of amides is 1. The molecule has 2 heterocycles. The number of carbonyl (C=O) groups is 1. The van der Waals surface area contributed by atoms with Crippen molar-refractivity contribution in [3.8, 4) is 11.4 Å². The van der Waals surface area contributed by atoms with Crippen molar-refractivity contribution in [2.45, 2.75) is 25.2 Å². The van der Waals surface area contributed by atoms with Gasteiger partial charge in [-0.15, -0.1) is 0 Å². The van der Waals surface area contributed by atoms with Gasteiger partial charge in [0, 0.05) is 18.7 Å². The lowest BCUT2D eigenvalue weighted by molar-refractivity contribution is -0.142. The Balaban J connectivity index is 1.42. The molecule has 0 radical (unpaired) electrons. The Morgan fingerprint density at radius 3 is 2.63 bits per heavy atom. The van der Waals surface area contributed by atoms with E-state index in [1.54, 1.807) is 12.1 Å². The SMILES string of the molecule is O=C([C@H]1[C@H]2CC[C@H](C2)[C@@H]1c1nc(-c2ccc(F)cc2)no1)N1CCOCC1. The van der Waals surface area contributed by atoms with Crippen LogP contribution in [0.1, 0.15) is 31.1 Å². The van der Waals surface area contributed by atoms with Gasteiger partial charge in [-0.2, -0.15) is 4.98 Å². The third-order valence-corrected chi connectivity index (χ3v) is 6.35. The molecule has 2 aliphatic carbocycles. The first-order chi connectivity index (χ1) is 13.2. The molecule has 6 nitrogen and oxygen atoms in total. The number of nitrogens with zero attached hydrogens (tertiary/aromatic N) is 3. The van der Waals surface area contributed by atoms with Crippen LogP contribution >= 0.6 is 0 Å². The van der Waals surface area contributed by atoms with E-state index in [4.69, 9.17) is 9.26 Å². The second kappa shape index (κ2) is 6.71. The molecule has 5 rings (SSSR count). The topological polar surface area (TPSA) is 68.5 Å². The highest BCUT2D eigenvalue weighted by molar-refractivity contribution is 5.81. The average Bonchev–Trinajstić information content (AvgIpc) is 3.44. The van der Waals surface area contributed by atoms with Crippen molar-refractivity contribution in [1.82, 2.24) is 15.0 Å². The zero-order valence-electron chi connectivity index (χ0n) is 15.0. The number of morpholine rings is 1. The minimum atomic E-state index is -0.299. The van der Waals surface area contributed by atoms with Crippen molar-refractivity contribution in [2.75, 3.05) is 26.3 Å². The van der Waals surface area contributed by atoms with Crippen LogP contribution in [0.4, 0.5) is 4.39 Å². The monoisotopic (exact) mass is 371 g/mol. The molecule has 1 aliphatic heterocycles. The van der Waals surface area contributed by atoms with E-state index in [9.17, 15) is 9.18 Å². The summed E-state index contributed by atoms with van der Waals surface area (Å²) in [5.41, 5.74) is 0.714. The highest BCUT2D eigenvalue weighted by atomic mass is 19.1. The number of carbonyl (C=O) groups excluding carboxylic acids is 1. The molecule has 2 aromatic rings. The minimum Gasteiger partial charge on any atom is -0.378 e. The minimum absolute atomic E-state index is 0.0132. The largest absolute Gasteiger partial charge is 0.378 e. The number of benzene rings is 1. The third-order valence-electron chi connectivity index (χ3n) is 6.35. The molecule has 1 saturated heterocycles. The van der Waals surface area contributed by atoms with E-state index in [0.717, 1.165) is 19.3 Å². The molecule has 3 aliphatic rings. The zero-order chi connectivity index (χ0) is 18.4. The quantitative estimate of drug-likeness (QED) is 0.830. The van der Waals surface area contributed by atoms with Crippen molar-refractivity contribution in [1.29, 1.82) is 0 Å². The molecule has 1 amide bonds. The summed E-state index contributed by atoms with van der Waals surface area (Å²) in [6, 6.07) is 6.05. The fourth-order valence-corrected chi connectivity index (χ4v) is 5.08. The molecule has 4 atom stereocenters. The van der Waals surface area contributed by atoms with Gasteiger partial charge in [0.05, 0.1) is 25.0 Å². The fourth-order valence-electron chi connectivity index (χ4n) is 5.08. The van der Waals surface area contributed by atoms with Gasteiger partial charge >= 0.3 is 0 Å². The molecule has 1 aromatic carbocycles. The zero-order valence-corrected chi connectivity index (χ0v) is 15.0. The summed E-state index contributed by atoms with van der Waals surface area (Å²) in [6.07, 6.45) is 3.26. The van der Waals surface area contributed by atoms with Crippen molar-refractivity contribution >= 4 is 5.91 Å². The van der Waals surface area contributed by atoms with Gasteiger partial charge in [0.15, 0.2) is 0 Å². The van der Waals surface area contributed by atoms with E-state index in [1.807, 2.05) is 4.90 Å². The van der Waals surface area contributed by atoms with E-state index in [-0.39, 0.29) is 23.6 Å². The van der Waals surface area contributed by atoms with Crippen molar-refractivity contribution in [3.05, 3.63) is 36.0 Å². The first-order valence-corrected chi connectivity index (χ1v) is 9.67. The number of halogens is 1. The third kappa shape index (κ3) is 2.94. The predicted octanol–water partition coefficient (Wildman–Crippen LogP) is 2.86. The molecule has 2 bridgehead atoms. The Labute approximate surface area is 156 Å². The van der Waals surface area contributed by atoms with Crippen LogP contribution in [0.25, 0.3) is 11.4 Å². The van der Waals surface area contributed by atoms with Crippen LogP contribution in [-0.4, -0.2) is 47.3 Å². The standard InChI is InChI=1S/C20H22FN3O3/c21-15-5-3-12(4-6-15)18-22-19(27-23-18)16-13-1-2-14(11-13)17(16)20(25)24-7-9-26-10-8-24/h3-6,13-14,16-17H,1-2,7-11H2/t13-,14+,16+,17+/m1/s1. The number of aromatic nitrogens is 2. The van der Waals surface area contributed by atoms with E-state index in [2.05, 4.69) is 10.1 Å². The van der Waals surface area contributed by atoms with Gasteiger partial charge in [0.25, 0.3) is 0 Å². The molecule has 142 valence electrons. The lowest BCUT2D eigenvalue weighted by Gasteiger charge is -2.34. The molecule has 0 N–H and O–H groups in total. The van der Waals surface area contributed by atoms with Crippen LogP contribution in [0, 0.1) is 23.6 Å². The Morgan fingerprint density at radius 2 is 1.85 bits per heavy atom. The summed E-state index contributed by atoms with van der Waals surface area (Å²) in [7, 11) is 0. The molecule has 0 unspecified atom stereocenters. The molecular formula is C20H22FN3O3. The fraction of sp³-hybridized carbons (Fsp3) is 0.550. The Bertz CT molecular complexity index is 831. The predicted molar refractivity (Wildman–Crippen MR) is 94.2 cm³/mol. The van der Waals surface area contributed by atoms with Crippen LogP contribution in [0.5, 0.6) is 0 Å².